The van der Waals surface area contributed by atoms with Crippen molar-refractivity contribution in [3.63, 3.8) is 0 Å². The molecule has 0 aromatic heterocycles. The van der Waals surface area contributed by atoms with Crippen LogP contribution in [0.3, 0.4) is 0 Å². The number of halogens is 1. The van der Waals surface area contributed by atoms with E-state index in [-0.39, 0.29) is 12.4 Å². The molecule has 0 atom stereocenters. The van der Waals surface area contributed by atoms with Gasteiger partial charge in [-0.15, -0.1) is 0 Å². The van der Waals surface area contributed by atoms with Crippen LogP contribution in [0.2, 0.25) is 4.55 Å². The molecule has 11 heavy (non-hydrogen) atoms. The minimum Gasteiger partial charge on any atom is -1.00 e. The topological polar surface area (TPSA) is 9.23 Å². The molecule has 0 N–H and O–H groups in total. The van der Waals surface area contributed by atoms with Crippen LogP contribution in [0.25, 0.3) is 0 Å². The van der Waals surface area contributed by atoms with E-state index in [1.807, 2.05) is 21.7 Å². The van der Waals surface area contributed by atoms with Crippen molar-refractivity contribution in [1.82, 2.24) is 0 Å². The Morgan fingerprint density at radius 2 is 1.64 bits per heavy atom. The van der Waals surface area contributed by atoms with Gasteiger partial charge in [0.05, 0.1) is 0 Å². The molecule has 0 unspecified atom stereocenters. The third kappa shape index (κ3) is 13.9. The molecule has 3 heteroatoms. The Hall–Kier alpha value is 1.02. The van der Waals surface area contributed by atoms with Crippen molar-refractivity contribution in [2.75, 3.05) is 13.2 Å². The SMILES string of the molecule is C1CCOC1.CC(C)[CH2][Mg+].[Cl-]. The summed E-state index contributed by atoms with van der Waals surface area (Å²) in [5.74, 6) is 0.897. The zero-order valence-corrected chi connectivity index (χ0v) is 9.78. The second kappa shape index (κ2) is 11.0. The van der Waals surface area contributed by atoms with Crippen LogP contribution >= 0.6 is 0 Å². The Labute approximate surface area is 89.1 Å². The molecule has 1 heterocycles. The molecule has 0 aromatic carbocycles. The molecular formula is C8H17ClMgO. The van der Waals surface area contributed by atoms with Crippen molar-refractivity contribution >= 4 is 21.7 Å². The van der Waals surface area contributed by atoms with E-state index in [1.54, 1.807) is 0 Å². The van der Waals surface area contributed by atoms with Crippen LogP contribution in [-0.4, -0.2) is 34.9 Å². The van der Waals surface area contributed by atoms with E-state index in [9.17, 15) is 0 Å². The van der Waals surface area contributed by atoms with Crippen molar-refractivity contribution in [2.24, 2.45) is 5.92 Å². The summed E-state index contributed by atoms with van der Waals surface area (Å²) in [7, 11) is 0. The summed E-state index contributed by atoms with van der Waals surface area (Å²) in [6, 6.07) is 0. The van der Waals surface area contributed by atoms with E-state index in [1.165, 1.54) is 17.4 Å². The van der Waals surface area contributed by atoms with Crippen LogP contribution in [0.15, 0.2) is 0 Å². The molecule has 1 aliphatic rings. The van der Waals surface area contributed by atoms with Crippen LogP contribution in [0.5, 0.6) is 0 Å². The maximum atomic E-state index is 4.94. The smallest absolute Gasteiger partial charge is 1.00 e. The molecule has 64 valence electrons. The molecule has 1 aliphatic heterocycles. The zero-order chi connectivity index (χ0) is 7.82. The maximum Gasteiger partial charge on any atom is -1.00 e. The summed E-state index contributed by atoms with van der Waals surface area (Å²) in [4.78, 5) is 0. The predicted molar refractivity (Wildman–Crippen MR) is 45.5 cm³/mol. The molecule has 0 aromatic rings. The summed E-state index contributed by atoms with van der Waals surface area (Å²) in [6.45, 7) is 6.46. The first-order valence-electron chi connectivity index (χ1n) is 4.14. The van der Waals surface area contributed by atoms with E-state index in [4.69, 9.17) is 4.74 Å². The van der Waals surface area contributed by atoms with E-state index in [0.29, 0.717) is 0 Å². The van der Waals surface area contributed by atoms with Gasteiger partial charge in [0.25, 0.3) is 0 Å². The number of hydrogen-bond donors (Lipinski definition) is 0. The second-order valence-electron chi connectivity index (χ2n) is 3.00. The van der Waals surface area contributed by atoms with Crippen molar-refractivity contribution in [3.8, 4) is 0 Å². The van der Waals surface area contributed by atoms with Crippen LogP contribution in [0.4, 0.5) is 0 Å². The normalized spacial score (nSPS) is 15.4. The van der Waals surface area contributed by atoms with Crippen molar-refractivity contribution in [1.29, 1.82) is 0 Å². The van der Waals surface area contributed by atoms with Gasteiger partial charge in [-0.1, -0.05) is 0 Å². The number of ether oxygens (including phenoxy) is 1. The first-order valence-corrected chi connectivity index (χ1v) is 5.14. The Bertz CT molecular complexity index is 57.5. The zero-order valence-electron chi connectivity index (χ0n) is 7.61. The van der Waals surface area contributed by atoms with Gasteiger partial charge >= 0.3 is 46.0 Å². The standard InChI is InChI=1S/C4H8O.C4H9.ClH.Mg/c1-2-4-5-3-1;1-4(2)3;;/h1-4H2;4H,1H2,2-3H3;1H;/q;;;+1/p-1. The van der Waals surface area contributed by atoms with Gasteiger partial charge in [-0.05, 0) is 12.8 Å². The van der Waals surface area contributed by atoms with Gasteiger partial charge < -0.3 is 17.1 Å². The summed E-state index contributed by atoms with van der Waals surface area (Å²) in [6.07, 6.45) is 2.56. The summed E-state index contributed by atoms with van der Waals surface area (Å²) in [5, 5.41) is 0. The monoisotopic (exact) mass is 188 g/mol. The van der Waals surface area contributed by atoms with Gasteiger partial charge in [0, 0.05) is 13.2 Å². The molecular weight excluding hydrogens is 172 g/mol. The van der Waals surface area contributed by atoms with Gasteiger partial charge in [0.1, 0.15) is 0 Å². The van der Waals surface area contributed by atoms with E-state index in [2.05, 4.69) is 13.8 Å². The molecule has 1 nitrogen and oxygen atoms in total. The fraction of sp³-hybridized carbons (Fsp3) is 1.00. The summed E-state index contributed by atoms with van der Waals surface area (Å²) < 4.78 is 6.28. The first-order chi connectivity index (χ1) is 4.77. The third-order valence-electron chi connectivity index (χ3n) is 1.40. The van der Waals surface area contributed by atoms with Crippen LogP contribution in [0.1, 0.15) is 26.7 Å². The fourth-order valence-corrected chi connectivity index (χ4v) is 0.510. The molecule has 0 spiro atoms. The van der Waals surface area contributed by atoms with Gasteiger partial charge in [0.15, 0.2) is 0 Å². The van der Waals surface area contributed by atoms with E-state index >= 15 is 0 Å². The molecule has 0 amide bonds. The minimum atomic E-state index is 0. The molecule has 1 fully saturated rings. The Morgan fingerprint density at radius 3 is 1.73 bits per heavy atom. The fourth-order valence-electron chi connectivity index (χ4n) is 0.510. The molecule has 0 radical (unpaired) electrons. The van der Waals surface area contributed by atoms with Gasteiger partial charge in [-0.2, -0.15) is 0 Å². The van der Waals surface area contributed by atoms with E-state index < -0.39 is 0 Å². The second-order valence-corrected chi connectivity index (χ2v) is 3.58. The van der Waals surface area contributed by atoms with Crippen LogP contribution < -0.4 is 12.4 Å². The molecule has 0 saturated carbocycles. The molecule has 0 bridgehead atoms. The van der Waals surface area contributed by atoms with Crippen LogP contribution in [0, 0.1) is 5.92 Å². The van der Waals surface area contributed by atoms with E-state index in [0.717, 1.165) is 19.1 Å². The van der Waals surface area contributed by atoms with Gasteiger partial charge in [-0.3, -0.25) is 0 Å². The third-order valence-corrected chi connectivity index (χ3v) is 2.56. The average molecular weight is 189 g/mol. The first kappa shape index (κ1) is 14.5. The molecule has 0 aliphatic carbocycles. The molecule has 1 rings (SSSR count). The van der Waals surface area contributed by atoms with Crippen LogP contribution in [-0.2, 0) is 4.74 Å². The van der Waals surface area contributed by atoms with Gasteiger partial charge in [-0.25, -0.2) is 0 Å². The predicted octanol–water partition coefficient (Wildman–Crippen LogP) is -0.970. The van der Waals surface area contributed by atoms with Crippen molar-refractivity contribution < 1.29 is 17.1 Å². The Kier molecular flexibility index (Phi) is 14.6. The average Bonchev–Trinajstić information content (AvgIpc) is 2.43. The number of hydrogen-bond acceptors (Lipinski definition) is 1. The number of rotatable bonds is 1. The summed E-state index contributed by atoms with van der Waals surface area (Å²) >= 11 is 2.03. The van der Waals surface area contributed by atoms with Crippen molar-refractivity contribution in [2.45, 2.75) is 31.2 Å². The van der Waals surface area contributed by atoms with Crippen molar-refractivity contribution in [3.05, 3.63) is 0 Å². The maximum absolute atomic E-state index is 4.94. The Morgan fingerprint density at radius 1 is 1.27 bits per heavy atom. The van der Waals surface area contributed by atoms with Gasteiger partial charge in [0.2, 0.25) is 0 Å². The molecule has 1 saturated heterocycles. The quantitative estimate of drug-likeness (QED) is 0.482. The minimum absolute atomic E-state index is 0. The summed E-state index contributed by atoms with van der Waals surface area (Å²) in [5.41, 5.74) is 0. The largest absolute Gasteiger partial charge is 1.00 e. The Balaban J connectivity index is 0.